The highest BCUT2D eigenvalue weighted by atomic mass is 35.5. The number of sulfonamides is 1. The summed E-state index contributed by atoms with van der Waals surface area (Å²) in [5, 5.41) is -0.118. The van der Waals surface area contributed by atoms with Crippen molar-refractivity contribution in [2.24, 2.45) is 5.92 Å². The maximum Gasteiger partial charge on any atom is 0.258 e. The minimum atomic E-state index is -4.11. The molecule has 11 heteroatoms. The molecule has 1 heterocycles. The summed E-state index contributed by atoms with van der Waals surface area (Å²) in [7, 11) is -7.35. The standard InChI is InChI=1S/C11H12Cl2N2O5S2/c12-8-2-1-3-9(10(8)13)22(19,20)15-14-11(16)7-4-5-21(17,18)6-7/h1-3,7,15H,4-6H2,(H,14,16)/t7-/m1/s1. The summed E-state index contributed by atoms with van der Waals surface area (Å²) in [5.41, 5.74) is 2.00. The molecule has 0 unspecified atom stereocenters. The minimum Gasteiger partial charge on any atom is -0.277 e. The van der Waals surface area contributed by atoms with Gasteiger partial charge < -0.3 is 0 Å². The highest BCUT2D eigenvalue weighted by Crippen LogP contribution is 2.28. The third-order valence-electron chi connectivity index (χ3n) is 3.12. The lowest BCUT2D eigenvalue weighted by Crippen LogP contribution is -2.44. The number of benzene rings is 1. The normalized spacial score (nSPS) is 20.7. The Morgan fingerprint density at radius 1 is 1.27 bits per heavy atom. The molecule has 2 N–H and O–H groups in total. The van der Waals surface area contributed by atoms with Gasteiger partial charge in [0.25, 0.3) is 10.0 Å². The lowest BCUT2D eigenvalue weighted by atomic mass is 10.1. The predicted octanol–water partition coefficient (Wildman–Crippen LogP) is 0.738. The number of carbonyl (C=O) groups excluding carboxylic acids is 1. The summed E-state index contributed by atoms with van der Waals surface area (Å²) in [6.45, 7) is 0. The summed E-state index contributed by atoms with van der Waals surface area (Å²) < 4.78 is 46.7. The van der Waals surface area contributed by atoms with Gasteiger partial charge in [-0.15, -0.1) is 4.83 Å². The Hall–Kier alpha value is -0.870. The van der Waals surface area contributed by atoms with E-state index in [1.807, 2.05) is 10.3 Å². The lowest BCUT2D eigenvalue weighted by Gasteiger charge is -2.12. The van der Waals surface area contributed by atoms with E-state index in [0.717, 1.165) is 0 Å². The van der Waals surface area contributed by atoms with Crippen molar-refractivity contribution in [3.8, 4) is 0 Å². The summed E-state index contributed by atoms with van der Waals surface area (Å²) in [6.07, 6.45) is 0.161. The van der Waals surface area contributed by atoms with Crippen LogP contribution in [0.2, 0.25) is 10.0 Å². The second-order valence-corrected chi connectivity index (χ2v) is 9.41. The number of hydrogen-bond donors (Lipinski definition) is 2. The van der Waals surface area contributed by atoms with Crippen molar-refractivity contribution in [2.45, 2.75) is 11.3 Å². The lowest BCUT2D eigenvalue weighted by molar-refractivity contribution is -0.124. The monoisotopic (exact) mass is 386 g/mol. The fourth-order valence-electron chi connectivity index (χ4n) is 1.97. The van der Waals surface area contributed by atoms with E-state index < -0.39 is 31.7 Å². The molecule has 1 saturated heterocycles. The highest BCUT2D eigenvalue weighted by molar-refractivity contribution is 7.91. The van der Waals surface area contributed by atoms with Crippen LogP contribution in [0.3, 0.4) is 0 Å². The minimum absolute atomic E-state index is 0.0535. The van der Waals surface area contributed by atoms with Crippen molar-refractivity contribution >= 4 is 49.0 Å². The molecule has 0 radical (unpaired) electrons. The molecule has 2 rings (SSSR count). The van der Waals surface area contributed by atoms with Crippen molar-refractivity contribution in [1.82, 2.24) is 10.3 Å². The van der Waals surface area contributed by atoms with E-state index in [4.69, 9.17) is 23.2 Å². The van der Waals surface area contributed by atoms with Crippen molar-refractivity contribution in [2.75, 3.05) is 11.5 Å². The smallest absolute Gasteiger partial charge is 0.258 e. The van der Waals surface area contributed by atoms with Gasteiger partial charge in [-0.2, -0.15) is 0 Å². The van der Waals surface area contributed by atoms with Gasteiger partial charge in [-0.1, -0.05) is 29.3 Å². The molecule has 1 atom stereocenters. The van der Waals surface area contributed by atoms with E-state index >= 15 is 0 Å². The van der Waals surface area contributed by atoms with Crippen LogP contribution in [0.25, 0.3) is 0 Å². The Morgan fingerprint density at radius 2 is 1.95 bits per heavy atom. The first-order chi connectivity index (χ1) is 10.1. The number of sulfone groups is 1. The van der Waals surface area contributed by atoms with Crippen molar-refractivity contribution in [3.05, 3.63) is 28.2 Å². The van der Waals surface area contributed by atoms with Crippen LogP contribution < -0.4 is 10.3 Å². The molecule has 1 aromatic rings. The van der Waals surface area contributed by atoms with Gasteiger partial charge >= 0.3 is 0 Å². The highest BCUT2D eigenvalue weighted by Gasteiger charge is 2.33. The molecule has 0 bridgehead atoms. The first kappa shape index (κ1) is 17.5. The zero-order valence-corrected chi connectivity index (χ0v) is 14.2. The third kappa shape index (κ3) is 3.90. The SMILES string of the molecule is O=C(NNS(=O)(=O)c1cccc(Cl)c1Cl)[C@@H]1CCS(=O)(=O)C1. The van der Waals surface area contributed by atoms with Gasteiger partial charge in [-0.05, 0) is 18.6 Å². The Kier molecular flexibility index (Phi) is 5.03. The molecule has 1 fully saturated rings. The van der Waals surface area contributed by atoms with Gasteiger partial charge in [0.2, 0.25) is 5.91 Å². The molecule has 7 nitrogen and oxygen atoms in total. The van der Waals surface area contributed by atoms with E-state index in [-0.39, 0.29) is 32.9 Å². The summed E-state index contributed by atoms with van der Waals surface area (Å²) in [6, 6.07) is 4.04. The van der Waals surface area contributed by atoms with Gasteiger partial charge in [0.15, 0.2) is 9.84 Å². The molecule has 0 aromatic heterocycles. The molecule has 1 aromatic carbocycles. The summed E-state index contributed by atoms with van der Waals surface area (Å²) in [5.74, 6) is -1.86. The fraction of sp³-hybridized carbons (Fsp3) is 0.364. The van der Waals surface area contributed by atoms with E-state index in [1.165, 1.54) is 18.2 Å². The molecule has 0 spiro atoms. The van der Waals surface area contributed by atoms with Gasteiger partial charge in [0.1, 0.15) is 4.90 Å². The average Bonchev–Trinajstić information content (AvgIpc) is 2.79. The summed E-state index contributed by atoms with van der Waals surface area (Å²) in [4.78, 5) is 13.4. The Bertz CT molecular complexity index is 808. The number of amides is 1. The van der Waals surface area contributed by atoms with Gasteiger partial charge in [0.05, 0.1) is 27.5 Å². The molecule has 1 aliphatic rings. The first-order valence-electron chi connectivity index (χ1n) is 6.08. The molecular formula is C11H12Cl2N2O5S2. The maximum atomic E-state index is 12.1. The molecule has 0 aliphatic carbocycles. The van der Waals surface area contributed by atoms with Crippen molar-refractivity contribution in [1.29, 1.82) is 0 Å². The quantitative estimate of drug-likeness (QED) is 0.741. The van der Waals surface area contributed by atoms with Crippen LogP contribution in [0.5, 0.6) is 0 Å². The number of hydrogen-bond acceptors (Lipinski definition) is 5. The number of halogens is 2. The Balaban J connectivity index is 2.07. The number of nitrogens with one attached hydrogen (secondary N) is 2. The Labute approximate surface area is 137 Å². The van der Waals surface area contributed by atoms with Crippen molar-refractivity contribution < 1.29 is 21.6 Å². The molecule has 0 saturated carbocycles. The van der Waals surface area contributed by atoms with Crippen molar-refractivity contribution in [3.63, 3.8) is 0 Å². The van der Waals surface area contributed by atoms with Crippen LogP contribution in [0.1, 0.15) is 6.42 Å². The summed E-state index contributed by atoms with van der Waals surface area (Å²) >= 11 is 11.6. The zero-order valence-electron chi connectivity index (χ0n) is 11.0. The van der Waals surface area contributed by atoms with E-state index in [1.54, 1.807) is 0 Å². The molecule has 1 aliphatic heterocycles. The predicted molar refractivity (Wildman–Crippen MR) is 81.7 cm³/mol. The second-order valence-electron chi connectivity index (χ2n) is 4.75. The van der Waals surface area contributed by atoms with Crippen LogP contribution in [-0.2, 0) is 24.7 Å². The zero-order chi connectivity index (χ0) is 16.5. The van der Waals surface area contributed by atoms with Gasteiger partial charge in [-0.3, -0.25) is 10.2 Å². The molecular weight excluding hydrogens is 375 g/mol. The van der Waals surface area contributed by atoms with E-state index in [2.05, 4.69) is 0 Å². The molecule has 1 amide bonds. The third-order valence-corrected chi connectivity index (χ3v) is 7.11. The Morgan fingerprint density at radius 3 is 2.55 bits per heavy atom. The van der Waals surface area contributed by atoms with Crippen LogP contribution in [-0.4, -0.2) is 34.2 Å². The second kappa shape index (κ2) is 6.32. The number of hydrazine groups is 1. The van der Waals surface area contributed by atoms with Crippen LogP contribution in [0.4, 0.5) is 0 Å². The van der Waals surface area contributed by atoms with E-state index in [9.17, 15) is 21.6 Å². The van der Waals surface area contributed by atoms with Gasteiger partial charge in [0, 0.05) is 0 Å². The van der Waals surface area contributed by atoms with Crippen LogP contribution in [0.15, 0.2) is 23.1 Å². The average molecular weight is 387 g/mol. The number of carbonyl (C=O) groups is 1. The van der Waals surface area contributed by atoms with Crippen LogP contribution in [0, 0.1) is 5.92 Å². The van der Waals surface area contributed by atoms with Crippen LogP contribution >= 0.6 is 23.2 Å². The maximum absolute atomic E-state index is 12.1. The molecule has 22 heavy (non-hydrogen) atoms. The number of rotatable bonds is 4. The fourth-order valence-corrected chi connectivity index (χ4v) is 5.32. The van der Waals surface area contributed by atoms with E-state index in [0.29, 0.717) is 0 Å². The van der Waals surface area contributed by atoms with Gasteiger partial charge in [-0.25, -0.2) is 16.8 Å². The largest absolute Gasteiger partial charge is 0.277 e. The topological polar surface area (TPSA) is 109 Å². The molecule has 122 valence electrons. The first-order valence-corrected chi connectivity index (χ1v) is 10.1.